The first-order valence-electron chi connectivity index (χ1n) is 6.37. The fraction of sp³-hybridized carbons (Fsp3) is 0.231. The maximum atomic E-state index is 5.51. The summed E-state index contributed by atoms with van der Waals surface area (Å²) in [5, 5.41) is 16.5. The highest BCUT2D eigenvalue weighted by atomic mass is 15.4. The summed E-state index contributed by atoms with van der Waals surface area (Å²) in [4.78, 5) is 0. The first kappa shape index (κ1) is 12.5. The topological polar surface area (TPSA) is 87.4 Å². The molecule has 0 atom stereocenters. The molecule has 7 nitrogen and oxygen atoms in total. The highest BCUT2D eigenvalue weighted by molar-refractivity contribution is 5.52. The van der Waals surface area contributed by atoms with Crippen LogP contribution in [0.5, 0.6) is 0 Å². The first-order chi connectivity index (χ1) is 9.79. The fourth-order valence-corrected chi connectivity index (χ4v) is 2.06. The van der Waals surface area contributed by atoms with Crippen LogP contribution in [-0.2, 0) is 6.54 Å². The van der Waals surface area contributed by atoms with Gasteiger partial charge in [0.05, 0.1) is 12.7 Å². The van der Waals surface area contributed by atoms with Crippen molar-refractivity contribution in [1.29, 1.82) is 0 Å². The number of rotatable bonds is 4. The summed E-state index contributed by atoms with van der Waals surface area (Å²) in [5.74, 6) is 1.48. The Morgan fingerprint density at radius 3 is 2.65 bits per heavy atom. The Morgan fingerprint density at radius 1 is 1.10 bits per heavy atom. The van der Waals surface area contributed by atoms with E-state index in [2.05, 4.69) is 20.5 Å². The predicted octanol–water partition coefficient (Wildman–Crippen LogP) is 0.793. The zero-order valence-corrected chi connectivity index (χ0v) is 11.1. The second kappa shape index (κ2) is 5.22. The van der Waals surface area contributed by atoms with Gasteiger partial charge >= 0.3 is 0 Å². The normalized spacial score (nSPS) is 10.9. The molecule has 2 heterocycles. The zero-order valence-electron chi connectivity index (χ0n) is 11.1. The lowest BCUT2D eigenvalue weighted by Crippen LogP contribution is -2.10. The summed E-state index contributed by atoms with van der Waals surface area (Å²) in [7, 11) is 0. The molecule has 0 aliphatic rings. The molecule has 0 bridgehead atoms. The number of aromatic nitrogens is 6. The van der Waals surface area contributed by atoms with Crippen LogP contribution in [0.3, 0.4) is 0 Å². The van der Waals surface area contributed by atoms with Crippen LogP contribution in [0.4, 0.5) is 0 Å². The molecule has 20 heavy (non-hydrogen) atoms. The van der Waals surface area contributed by atoms with Gasteiger partial charge in [-0.05, 0) is 19.1 Å². The van der Waals surface area contributed by atoms with Gasteiger partial charge in [0.2, 0.25) is 0 Å². The molecule has 1 aromatic carbocycles. The monoisotopic (exact) mass is 269 g/mol. The van der Waals surface area contributed by atoms with Crippen molar-refractivity contribution in [2.24, 2.45) is 5.73 Å². The quantitative estimate of drug-likeness (QED) is 0.756. The summed E-state index contributed by atoms with van der Waals surface area (Å²) in [6, 6.07) is 9.93. The van der Waals surface area contributed by atoms with Crippen molar-refractivity contribution in [3.05, 3.63) is 42.4 Å². The Hall–Kier alpha value is -2.54. The van der Waals surface area contributed by atoms with Gasteiger partial charge in [-0.25, -0.2) is 0 Å². The van der Waals surface area contributed by atoms with Crippen LogP contribution in [0.15, 0.2) is 36.5 Å². The molecule has 0 spiro atoms. The highest BCUT2D eigenvalue weighted by Crippen LogP contribution is 2.20. The standard InChI is InChI=1S/C13H15N7/c1-10-15-17-13(12-9-19(8-7-14)18-16-12)20(10)11-5-3-2-4-6-11/h2-6,9H,7-8,14H2,1H3. The van der Waals surface area contributed by atoms with Crippen LogP contribution in [0.25, 0.3) is 17.2 Å². The maximum absolute atomic E-state index is 5.51. The van der Waals surface area contributed by atoms with Gasteiger partial charge in [-0.3, -0.25) is 9.25 Å². The molecule has 0 saturated heterocycles. The van der Waals surface area contributed by atoms with Crippen molar-refractivity contribution in [3.8, 4) is 17.2 Å². The second-order valence-electron chi connectivity index (χ2n) is 4.40. The SMILES string of the molecule is Cc1nnc(-c2cn(CCN)nn2)n1-c1ccccc1. The van der Waals surface area contributed by atoms with E-state index in [4.69, 9.17) is 5.73 Å². The van der Waals surface area contributed by atoms with Crippen LogP contribution < -0.4 is 5.73 Å². The fourth-order valence-electron chi connectivity index (χ4n) is 2.06. The predicted molar refractivity (Wildman–Crippen MR) is 74.2 cm³/mol. The van der Waals surface area contributed by atoms with E-state index in [1.54, 1.807) is 4.68 Å². The summed E-state index contributed by atoms with van der Waals surface area (Å²) >= 11 is 0. The van der Waals surface area contributed by atoms with Gasteiger partial charge < -0.3 is 5.73 Å². The lowest BCUT2D eigenvalue weighted by atomic mass is 10.3. The van der Waals surface area contributed by atoms with E-state index >= 15 is 0 Å². The molecule has 0 radical (unpaired) electrons. The third-order valence-corrected chi connectivity index (χ3v) is 2.97. The van der Waals surface area contributed by atoms with Crippen molar-refractivity contribution in [2.45, 2.75) is 13.5 Å². The van der Waals surface area contributed by atoms with Crippen LogP contribution in [0.1, 0.15) is 5.82 Å². The number of nitrogens with zero attached hydrogens (tertiary/aromatic N) is 6. The summed E-state index contributed by atoms with van der Waals surface area (Å²) in [6.07, 6.45) is 1.83. The molecular formula is C13H15N7. The molecule has 0 aliphatic heterocycles. The Labute approximate surface area is 116 Å². The lowest BCUT2D eigenvalue weighted by molar-refractivity contribution is 0.598. The molecule has 0 amide bonds. The van der Waals surface area contributed by atoms with Gasteiger partial charge in [0.15, 0.2) is 11.5 Å². The Morgan fingerprint density at radius 2 is 1.90 bits per heavy atom. The first-order valence-corrected chi connectivity index (χ1v) is 6.37. The van der Waals surface area contributed by atoms with Crippen LogP contribution >= 0.6 is 0 Å². The number of hydrogen-bond acceptors (Lipinski definition) is 5. The van der Waals surface area contributed by atoms with Crippen molar-refractivity contribution in [2.75, 3.05) is 6.54 Å². The van der Waals surface area contributed by atoms with Crippen LogP contribution in [-0.4, -0.2) is 36.3 Å². The van der Waals surface area contributed by atoms with Gasteiger partial charge in [0.25, 0.3) is 0 Å². The molecule has 2 aromatic heterocycles. The van der Waals surface area contributed by atoms with E-state index in [9.17, 15) is 0 Å². The van der Waals surface area contributed by atoms with Crippen molar-refractivity contribution in [1.82, 2.24) is 29.8 Å². The van der Waals surface area contributed by atoms with Gasteiger partial charge in [-0.2, -0.15) is 0 Å². The van der Waals surface area contributed by atoms with Crippen molar-refractivity contribution >= 4 is 0 Å². The minimum atomic E-state index is 0.521. The third-order valence-electron chi connectivity index (χ3n) is 2.97. The molecule has 102 valence electrons. The molecule has 3 aromatic rings. The summed E-state index contributed by atoms with van der Waals surface area (Å²) < 4.78 is 3.66. The molecule has 0 unspecified atom stereocenters. The number of nitrogens with two attached hydrogens (primary N) is 1. The summed E-state index contributed by atoms with van der Waals surface area (Å²) in [5.41, 5.74) is 7.19. The minimum absolute atomic E-state index is 0.521. The van der Waals surface area contributed by atoms with E-state index in [1.165, 1.54) is 0 Å². The second-order valence-corrected chi connectivity index (χ2v) is 4.40. The number of hydrogen-bond donors (Lipinski definition) is 1. The van der Waals surface area contributed by atoms with E-state index in [1.807, 2.05) is 48.0 Å². The van der Waals surface area contributed by atoms with Crippen LogP contribution in [0.2, 0.25) is 0 Å². The average molecular weight is 269 g/mol. The molecule has 3 rings (SSSR count). The van der Waals surface area contributed by atoms with E-state index in [-0.39, 0.29) is 0 Å². The highest BCUT2D eigenvalue weighted by Gasteiger charge is 2.15. The van der Waals surface area contributed by atoms with Crippen molar-refractivity contribution < 1.29 is 0 Å². The van der Waals surface area contributed by atoms with Gasteiger partial charge in [0.1, 0.15) is 5.82 Å². The van der Waals surface area contributed by atoms with Gasteiger partial charge in [-0.1, -0.05) is 23.4 Å². The Kier molecular flexibility index (Phi) is 3.26. The average Bonchev–Trinajstić information content (AvgIpc) is 3.07. The molecule has 0 aliphatic carbocycles. The maximum Gasteiger partial charge on any atom is 0.190 e. The molecular weight excluding hydrogens is 254 g/mol. The molecule has 7 heteroatoms. The Balaban J connectivity index is 2.06. The van der Waals surface area contributed by atoms with Gasteiger partial charge in [0, 0.05) is 12.2 Å². The number of benzene rings is 1. The molecule has 0 fully saturated rings. The van der Waals surface area contributed by atoms with Crippen LogP contribution in [0, 0.1) is 6.92 Å². The largest absolute Gasteiger partial charge is 0.329 e. The smallest absolute Gasteiger partial charge is 0.190 e. The molecule has 2 N–H and O–H groups in total. The number of aryl methyl sites for hydroxylation is 1. The van der Waals surface area contributed by atoms with E-state index in [0.29, 0.717) is 24.6 Å². The lowest BCUT2D eigenvalue weighted by Gasteiger charge is -2.06. The van der Waals surface area contributed by atoms with E-state index < -0.39 is 0 Å². The Bertz CT molecular complexity index is 699. The minimum Gasteiger partial charge on any atom is -0.329 e. The summed E-state index contributed by atoms with van der Waals surface area (Å²) in [6.45, 7) is 3.06. The van der Waals surface area contributed by atoms with E-state index in [0.717, 1.165) is 11.5 Å². The third kappa shape index (κ3) is 2.19. The zero-order chi connectivity index (χ0) is 13.9. The molecule has 0 saturated carbocycles. The number of para-hydroxylation sites is 1. The van der Waals surface area contributed by atoms with Crippen molar-refractivity contribution in [3.63, 3.8) is 0 Å². The van der Waals surface area contributed by atoms with Gasteiger partial charge in [-0.15, -0.1) is 15.3 Å².